The number of nitrogens with zero attached hydrogens (tertiary/aromatic N) is 2. The summed E-state index contributed by atoms with van der Waals surface area (Å²) in [5.74, 6) is -0.535. The van der Waals surface area contributed by atoms with E-state index in [9.17, 15) is 22.8 Å². The van der Waals surface area contributed by atoms with Crippen molar-refractivity contribution in [2.24, 2.45) is 0 Å². The van der Waals surface area contributed by atoms with Crippen LogP contribution in [-0.4, -0.2) is 20.5 Å². The number of aromatic nitrogens is 3. The topological polar surface area (TPSA) is 79.3 Å². The molecule has 3 aromatic rings. The highest BCUT2D eigenvalue weighted by atomic mass is 19.4. The van der Waals surface area contributed by atoms with Crippen LogP contribution in [0.5, 0.6) is 0 Å². The third kappa shape index (κ3) is 4.02. The normalized spacial score (nSPS) is 11.7. The van der Waals surface area contributed by atoms with Gasteiger partial charge in [-0.15, -0.1) is 0 Å². The van der Waals surface area contributed by atoms with Crippen LogP contribution in [0.25, 0.3) is 5.65 Å². The van der Waals surface area contributed by atoms with E-state index in [-0.39, 0.29) is 23.3 Å². The summed E-state index contributed by atoms with van der Waals surface area (Å²) < 4.78 is 39.5. The molecule has 2 heterocycles. The first-order valence-corrected chi connectivity index (χ1v) is 8.34. The van der Waals surface area contributed by atoms with E-state index in [0.29, 0.717) is 17.7 Å². The van der Waals surface area contributed by atoms with Crippen LogP contribution in [0.2, 0.25) is 0 Å². The molecule has 0 atom stereocenters. The summed E-state index contributed by atoms with van der Waals surface area (Å²) in [6, 6.07) is 6.13. The van der Waals surface area contributed by atoms with Crippen LogP contribution in [0.4, 0.5) is 13.2 Å². The molecule has 0 bridgehead atoms. The number of rotatable bonds is 5. The van der Waals surface area contributed by atoms with Gasteiger partial charge in [0.25, 0.3) is 11.5 Å². The van der Waals surface area contributed by atoms with Gasteiger partial charge < -0.3 is 5.32 Å². The molecule has 0 radical (unpaired) electrons. The van der Waals surface area contributed by atoms with Crippen LogP contribution in [-0.2, 0) is 19.1 Å². The zero-order valence-corrected chi connectivity index (χ0v) is 14.4. The highest BCUT2D eigenvalue weighted by Crippen LogP contribution is 2.29. The first kappa shape index (κ1) is 18.7. The molecule has 1 amide bonds. The van der Waals surface area contributed by atoms with Crippen molar-refractivity contribution in [3.8, 4) is 0 Å². The Morgan fingerprint density at radius 2 is 2.07 bits per heavy atom. The van der Waals surface area contributed by atoms with Crippen LogP contribution >= 0.6 is 0 Å². The zero-order chi connectivity index (χ0) is 19.6. The molecule has 2 aromatic heterocycles. The summed E-state index contributed by atoms with van der Waals surface area (Å²) in [6.45, 7) is 1.86. The number of amides is 1. The first-order chi connectivity index (χ1) is 12.8. The van der Waals surface area contributed by atoms with E-state index >= 15 is 0 Å². The van der Waals surface area contributed by atoms with Gasteiger partial charge in [0.1, 0.15) is 5.56 Å². The minimum absolute atomic E-state index is 0.0843. The standard InChI is InChI=1S/C18H17F3N4O2/c1-2-4-13-8-15(26)25-16(24-13)14(10-23-25)17(27)22-9-11-5-3-6-12(7-11)18(19,20)21/h3,5-8,10,23H,2,4,9H2,1H3,(H,22,27). The number of H-pyrrole nitrogens is 1. The number of fused-ring (bicyclic) bond motifs is 1. The van der Waals surface area contributed by atoms with Gasteiger partial charge in [-0.25, -0.2) is 9.50 Å². The summed E-state index contributed by atoms with van der Waals surface area (Å²) in [7, 11) is 0. The fraction of sp³-hybridized carbons (Fsp3) is 0.278. The summed E-state index contributed by atoms with van der Waals surface area (Å²) >= 11 is 0. The van der Waals surface area contributed by atoms with Crippen LogP contribution in [0.15, 0.2) is 41.3 Å². The third-order valence-corrected chi connectivity index (χ3v) is 4.01. The van der Waals surface area contributed by atoms with Gasteiger partial charge in [-0.2, -0.15) is 13.2 Å². The number of alkyl halides is 3. The van der Waals surface area contributed by atoms with Crippen molar-refractivity contribution in [2.45, 2.75) is 32.5 Å². The van der Waals surface area contributed by atoms with Gasteiger partial charge in [-0.3, -0.25) is 14.7 Å². The number of carbonyl (C=O) groups is 1. The van der Waals surface area contributed by atoms with Crippen molar-refractivity contribution in [2.75, 3.05) is 0 Å². The van der Waals surface area contributed by atoms with Crippen molar-refractivity contribution < 1.29 is 18.0 Å². The molecule has 9 heteroatoms. The van der Waals surface area contributed by atoms with Crippen LogP contribution in [0, 0.1) is 0 Å². The number of hydrogen-bond donors (Lipinski definition) is 2. The van der Waals surface area contributed by atoms with Crippen LogP contribution in [0.3, 0.4) is 0 Å². The number of halogens is 3. The first-order valence-electron chi connectivity index (χ1n) is 8.34. The second kappa shape index (κ2) is 7.26. The van der Waals surface area contributed by atoms with E-state index in [0.717, 1.165) is 23.1 Å². The van der Waals surface area contributed by atoms with Gasteiger partial charge in [-0.05, 0) is 24.1 Å². The molecule has 142 valence electrons. The summed E-state index contributed by atoms with van der Waals surface area (Å²) in [6.07, 6.45) is -1.70. The molecule has 0 aliphatic carbocycles. The third-order valence-electron chi connectivity index (χ3n) is 4.01. The summed E-state index contributed by atoms with van der Waals surface area (Å²) in [5.41, 5.74) is 0.118. The van der Waals surface area contributed by atoms with Crippen LogP contribution in [0.1, 0.15) is 40.5 Å². The molecule has 0 aliphatic heterocycles. The molecule has 0 saturated heterocycles. The van der Waals surface area contributed by atoms with E-state index in [1.54, 1.807) is 0 Å². The second-order valence-electron chi connectivity index (χ2n) is 6.06. The monoisotopic (exact) mass is 378 g/mol. The predicted molar refractivity (Wildman–Crippen MR) is 92.4 cm³/mol. The number of aryl methyl sites for hydroxylation is 1. The molecule has 0 unspecified atom stereocenters. The van der Waals surface area contributed by atoms with Crippen LogP contribution < -0.4 is 10.9 Å². The summed E-state index contributed by atoms with van der Waals surface area (Å²) in [5, 5.41) is 5.23. The molecule has 6 nitrogen and oxygen atoms in total. The Kier molecular flexibility index (Phi) is 5.02. The number of aromatic amines is 1. The molecule has 0 fully saturated rings. The Hall–Kier alpha value is -3.10. The predicted octanol–water partition coefficient (Wildman–Crippen LogP) is 2.92. The quantitative estimate of drug-likeness (QED) is 0.717. The lowest BCUT2D eigenvalue weighted by Crippen LogP contribution is -2.24. The smallest absolute Gasteiger partial charge is 0.348 e. The molecule has 1 aromatic carbocycles. The molecular weight excluding hydrogens is 361 g/mol. The Morgan fingerprint density at radius 1 is 1.30 bits per heavy atom. The van der Waals surface area contributed by atoms with Gasteiger partial charge in [0.15, 0.2) is 5.65 Å². The Balaban J connectivity index is 1.82. The van der Waals surface area contributed by atoms with Gasteiger partial charge >= 0.3 is 6.18 Å². The fourth-order valence-electron chi connectivity index (χ4n) is 2.72. The molecule has 3 rings (SSSR count). The van der Waals surface area contributed by atoms with Gasteiger partial charge in [0.05, 0.1) is 5.56 Å². The lowest BCUT2D eigenvalue weighted by Gasteiger charge is -2.09. The van der Waals surface area contributed by atoms with E-state index < -0.39 is 17.6 Å². The molecule has 0 spiro atoms. The average molecular weight is 378 g/mol. The molecular formula is C18H17F3N4O2. The Labute approximate surface area is 152 Å². The van der Waals surface area contributed by atoms with Crippen molar-refractivity contribution >= 4 is 11.6 Å². The van der Waals surface area contributed by atoms with Gasteiger partial charge in [0.2, 0.25) is 0 Å². The average Bonchev–Trinajstić information content (AvgIpc) is 3.04. The number of benzene rings is 1. The lowest BCUT2D eigenvalue weighted by molar-refractivity contribution is -0.137. The minimum Gasteiger partial charge on any atom is -0.348 e. The zero-order valence-electron chi connectivity index (χ0n) is 14.4. The molecule has 27 heavy (non-hydrogen) atoms. The Bertz CT molecular complexity index is 1040. The van der Waals surface area contributed by atoms with E-state index in [1.165, 1.54) is 24.4 Å². The number of hydrogen-bond acceptors (Lipinski definition) is 3. The number of carbonyl (C=O) groups excluding carboxylic acids is 1. The largest absolute Gasteiger partial charge is 0.416 e. The number of nitrogens with one attached hydrogen (secondary N) is 2. The van der Waals surface area contributed by atoms with Gasteiger partial charge in [-0.1, -0.05) is 25.5 Å². The van der Waals surface area contributed by atoms with Gasteiger partial charge in [0, 0.05) is 24.5 Å². The lowest BCUT2D eigenvalue weighted by atomic mass is 10.1. The van der Waals surface area contributed by atoms with Crippen molar-refractivity contribution in [1.29, 1.82) is 0 Å². The molecule has 0 saturated carbocycles. The fourth-order valence-corrected chi connectivity index (χ4v) is 2.72. The maximum Gasteiger partial charge on any atom is 0.416 e. The minimum atomic E-state index is -4.45. The maximum absolute atomic E-state index is 12.8. The maximum atomic E-state index is 12.8. The van der Waals surface area contributed by atoms with E-state index in [4.69, 9.17) is 0 Å². The van der Waals surface area contributed by atoms with E-state index in [2.05, 4.69) is 15.4 Å². The second-order valence-corrected chi connectivity index (χ2v) is 6.06. The SMILES string of the molecule is CCCc1cc(=O)n2[nH]cc(C(=O)NCc3cccc(C(F)(F)F)c3)c2n1. The highest BCUT2D eigenvalue weighted by Gasteiger charge is 2.30. The van der Waals surface area contributed by atoms with Crippen molar-refractivity contribution in [3.05, 3.63) is 69.3 Å². The Morgan fingerprint density at radius 3 is 2.78 bits per heavy atom. The van der Waals surface area contributed by atoms with Crippen molar-refractivity contribution in [1.82, 2.24) is 19.9 Å². The highest BCUT2D eigenvalue weighted by molar-refractivity contribution is 5.99. The molecule has 0 aliphatic rings. The van der Waals surface area contributed by atoms with Crippen molar-refractivity contribution in [3.63, 3.8) is 0 Å². The summed E-state index contributed by atoms with van der Waals surface area (Å²) in [4.78, 5) is 28.9. The van der Waals surface area contributed by atoms with E-state index in [1.807, 2.05) is 6.92 Å². The molecule has 2 N–H and O–H groups in total.